The third-order valence-electron chi connectivity index (χ3n) is 4.08. The Labute approximate surface area is 123 Å². The van der Waals surface area contributed by atoms with Crippen LogP contribution in [0.1, 0.15) is 30.3 Å². The van der Waals surface area contributed by atoms with E-state index in [1.54, 1.807) is 6.26 Å². The Bertz CT molecular complexity index is 428. The lowest BCUT2D eigenvalue weighted by atomic mass is 9.98. The molecular weight excluding hydrogens is 274 g/mol. The Balaban J connectivity index is 1.57. The number of rotatable bonds is 2. The third kappa shape index (κ3) is 3.20. The SMILES string of the molecule is O=C(C1CCOCC1)N1CCSC(c2ccco2)CC1. The molecule has 0 N–H and O–H groups in total. The zero-order chi connectivity index (χ0) is 13.8. The fourth-order valence-electron chi connectivity index (χ4n) is 2.90. The zero-order valence-electron chi connectivity index (χ0n) is 11.6. The van der Waals surface area contributed by atoms with Crippen LogP contribution in [0.25, 0.3) is 0 Å². The number of ether oxygens (including phenoxy) is 1. The smallest absolute Gasteiger partial charge is 0.225 e. The predicted octanol–water partition coefficient (Wildman–Crippen LogP) is 2.71. The molecule has 0 radical (unpaired) electrons. The van der Waals surface area contributed by atoms with Crippen LogP contribution in [0.15, 0.2) is 22.8 Å². The second-order valence-corrected chi connectivity index (χ2v) is 6.69. The third-order valence-corrected chi connectivity index (χ3v) is 5.37. The van der Waals surface area contributed by atoms with E-state index in [4.69, 9.17) is 9.15 Å². The number of hydrogen-bond donors (Lipinski definition) is 0. The van der Waals surface area contributed by atoms with Crippen LogP contribution in [0.4, 0.5) is 0 Å². The van der Waals surface area contributed by atoms with E-state index in [1.165, 1.54) is 0 Å². The first-order chi connectivity index (χ1) is 9.84. The van der Waals surface area contributed by atoms with Gasteiger partial charge in [0.25, 0.3) is 0 Å². The van der Waals surface area contributed by atoms with Crippen molar-refractivity contribution < 1.29 is 13.9 Å². The summed E-state index contributed by atoms with van der Waals surface area (Å²) < 4.78 is 10.8. The quantitative estimate of drug-likeness (QED) is 0.841. The number of thioether (sulfide) groups is 1. The molecule has 2 saturated heterocycles. The molecule has 1 aromatic heterocycles. The van der Waals surface area contributed by atoms with E-state index >= 15 is 0 Å². The summed E-state index contributed by atoms with van der Waals surface area (Å²) in [6.45, 7) is 3.16. The van der Waals surface area contributed by atoms with Gasteiger partial charge in [-0.15, -0.1) is 11.8 Å². The molecule has 3 heterocycles. The highest BCUT2D eigenvalue weighted by Gasteiger charge is 2.29. The molecule has 110 valence electrons. The van der Waals surface area contributed by atoms with Gasteiger partial charge in [0.1, 0.15) is 5.76 Å². The molecule has 2 fully saturated rings. The van der Waals surface area contributed by atoms with Crippen molar-refractivity contribution in [3.63, 3.8) is 0 Å². The predicted molar refractivity (Wildman–Crippen MR) is 78.6 cm³/mol. The van der Waals surface area contributed by atoms with Crippen molar-refractivity contribution in [2.75, 3.05) is 32.1 Å². The van der Waals surface area contributed by atoms with E-state index in [9.17, 15) is 4.79 Å². The fraction of sp³-hybridized carbons (Fsp3) is 0.667. The van der Waals surface area contributed by atoms with Gasteiger partial charge < -0.3 is 14.1 Å². The lowest BCUT2D eigenvalue weighted by Crippen LogP contribution is -2.39. The van der Waals surface area contributed by atoms with Crippen LogP contribution >= 0.6 is 11.8 Å². The summed E-state index contributed by atoms with van der Waals surface area (Å²) in [5.41, 5.74) is 0. The van der Waals surface area contributed by atoms with Crippen molar-refractivity contribution >= 4 is 17.7 Å². The van der Waals surface area contributed by atoms with Crippen molar-refractivity contribution in [1.29, 1.82) is 0 Å². The Morgan fingerprint density at radius 3 is 2.85 bits per heavy atom. The lowest BCUT2D eigenvalue weighted by molar-refractivity contribution is -0.138. The molecule has 3 rings (SSSR count). The Kier molecular flexibility index (Phi) is 4.68. The van der Waals surface area contributed by atoms with Gasteiger partial charge in [0, 0.05) is 38.0 Å². The number of nitrogens with zero attached hydrogens (tertiary/aromatic N) is 1. The monoisotopic (exact) mass is 295 g/mol. The van der Waals surface area contributed by atoms with Gasteiger partial charge in [-0.1, -0.05) is 0 Å². The Morgan fingerprint density at radius 2 is 2.10 bits per heavy atom. The summed E-state index contributed by atoms with van der Waals surface area (Å²) in [4.78, 5) is 14.6. The van der Waals surface area contributed by atoms with Crippen molar-refractivity contribution in [3.8, 4) is 0 Å². The molecule has 2 aliphatic heterocycles. The molecular formula is C15H21NO3S. The van der Waals surface area contributed by atoms with E-state index in [2.05, 4.69) is 0 Å². The van der Waals surface area contributed by atoms with Gasteiger partial charge in [0.15, 0.2) is 0 Å². The molecule has 1 atom stereocenters. The van der Waals surface area contributed by atoms with Gasteiger partial charge in [0.05, 0.1) is 11.5 Å². The summed E-state index contributed by atoms with van der Waals surface area (Å²) in [5.74, 6) is 2.53. The second-order valence-electron chi connectivity index (χ2n) is 5.38. The molecule has 2 aliphatic rings. The second kappa shape index (κ2) is 6.68. The Hall–Kier alpha value is -0.940. The molecule has 1 unspecified atom stereocenters. The van der Waals surface area contributed by atoms with E-state index in [-0.39, 0.29) is 5.92 Å². The van der Waals surface area contributed by atoms with Crippen LogP contribution in [0, 0.1) is 5.92 Å². The Morgan fingerprint density at radius 1 is 1.25 bits per heavy atom. The number of furan rings is 1. The van der Waals surface area contributed by atoms with Crippen LogP contribution in [0.5, 0.6) is 0 Å². The van der Waals surface area contributed by atoms with E-state index in [1.807, 2.05) is 28.8 Å². The highest BCUT2D eigenvalue weighted by molar-refractivity contribution is 7.99. The van der Waals surface area contributed by atoms with Gasteiger partial charge in [-0.05, 0) is 31.4 Å². The van der Waals surface area contributed by atoms with Crippen LogP contribution in [-0.2, 0) is 9.53 Å². The zero-order valence-corrected chi connectivity index (χ0v) is 12.4. The minimum Gasteiger partial charge on any atom is -0.468 e. The first kappa shape index (κ1) is 14.0. The van der Waals surface area contributed by atoms with Gasteiger partial charge >= 0.3 is 0 Å². The van der Waals surface area contributed by atoms with Crippen LogP contribution in [0.2, 0.25) is 0 Å². The van der Waals surface area contributed by atoms with Crippen molar-refractivity contribution in [2.24, 2.45) is 5.92 Å². The fourth-order valence-corrected chi connectivity index (χ4v) is 4.08. The van der Waals surface area contributed by atoms with E-state index < -0.39 is 0 Å². The summed E-state index contributed by atoms with van der Waals surface area (Å²) >= 11 is 1.90. The lowest BCUT2D eigenvalue weighted by Gasteiger charge is -2.28. The van der Waals surface area contributed by atoms with Crippen LogP contribution in [-0.4, -0.2) is 42.9 Å². The van der Waals surface area contributed by atoms with E-state index in [0.29, 0.717) is 11.2 Å². The summed E-state index contributed by atoms with van der Waals surface area (Å²) in [5, 5.41) is 0.387. The van der Waals surface area contributed by atoms with E-state index in [0.717, 1.165) is 57.1 Å². The average molecular weight is 295 g/mol. The standard InChI is InChI=1S/C15H21NO3S/c17-15(12-4-9-18-10-5-12)16-6-3-14(20-11-7-16)13-2-1-8-19-13/h1-2,8,12,14H,3-7,9-11H2. The molecule has 1 aromatic rings. The molecule has 0 bridgehead atoms. The van der Waals surface area contributed by atoms with Crippen LogP contribution < -0.4 is 0 Å². The topological polar surface area (TPSA) is 42.7 Å². The van der Waals surface area contributed by atoms with Crippen molar-refractivity contribution in [1.82, 2.24) is 4.90 Å². The molecule has 5 heteroatoms. The minimum absolute atomic E-state index is 0.175. The van der Waals surface area contributed by atoms with Crippen LogP contribution in [0.3, 0.4) is 0 Å². The number of carbonyl (C=O) groups excluding carboxylic acids is 1. The normalized spacial score (nSPS) is 25.4. The summed E-state index contributed by atoms with van der Waals surface area (Å²) in [6.07, 6.45) is 4.47. The van der Waals surface area contributed by atoms with Crippen molar-refractivity contribution in [2.45, 2.75) is 24.5 Å². The number of hydrogen-bond acceptors (Lipinski definition) is 4. The highest BCUT2D eigenvalue weighted by atomic mass is 32.2. The maximum Gasteiger partial charge on any atom is 0.225 e. The molecule has 0 aliphatic carbocycles. The number of carbonyl (C=O) groups is 1. The van der Waals surface area contributed by atoms with Gasteiger partial charge in [-0.25, -0.2) is 0 Å². The molecule has 4 nitrogen and oxygen atoms in total. The van der Waals surface area contributed by atoms with Gasteiger partial charge in [0.2, 0.25) is 5.91 Å². The van der Waals surface area contributed by atoms with Gasteiger partial charge in [-0.2, -0.15) is 0 Å². The average Bonchev–Trinajstić information content (AvgIpc) is 2.92. The molecule has 0 saturated carbocycles. The summed E-state index contributed by atoms with van der Waals surface area (Å²) in [6, 6.07) is 3.97. The van der Waals surface area contributed by atoms with Crippen molar-refractivity contribution in [3.05, 3.63) is 24.2 Å². The maximum atomic E-state index is 12.5. The maximum absolute atomic E-state index is 12.5. The molecule has 0 aromatic carbocycles. The first-order valence-corrected chi connectivity index (χ1v) is 8.41. The molecule has 1 amide bonds. The summed E-state index contributed by atoms with van der Waals surface area (Å²) in [7, 11) is 0. The minimum atomic E-state index is 0.175. The number of amides is 1. The largest absolute Gasteiger partial charge is 0.468 e. The van der Waals surface area contributed by atoms with Gasteiger partial charge in [-0.3, -0.25) is 4.79 Å². The molecule has 20 heavy (non-hydrogen) atoms. The first-order valence-electron chi connectivity index (χ1n) is 7.36. The molecule has 0 spiro atoms. The highest BCUT2D eigenvalue weighted by Crippen LogP contribution is 2.35.